The summed E-state index contributed by atoms with van der Waals surface area (Å²) in [7, 11) is 2.23. The molecule has 1 unspecified atom stereocenters. The summed E-state index contributed by atoms with van der Waals surface area (Å²) < 4.78 is 0. The van der Waals surface area contributed by atoms with Crippen molar-refractivity contribution in [2.45, 2.75) is 51.3 Å². The molecule has 1 aliphatic heterocycles. The fourth-order valence-corrected chi connectivity index (χ4v) is 3.72. The molecular weight excluding hydrogens is 242 g/mol. The molecule has 2 aliphatic rings. The summed E-state index contributed by atoms with van der Waals surface area (Å²) in [4.78, 5) is 7.07. The van der Waals surface area contributed by atoms with Gasteiger partial charge >= 0.3 is 0 Å². The van der Waals surface area contributed by atoms with Gasteiger partial charge in [-0.2, -0.15) is 0 Å². The van der Waals surface area contributed by atoms with E-state index in [0.717, 1.165) is 30.8 Å². The summed E-state index contributed by atoms with van der Waals surface area (Å²) in [6.07, 6.45) is 4.02. The molecule has 0 aromatic carbocycles. The van der Waals surface area contributed by atoms with E-state index in [-0.39, 0.29) is 0 Å². The van der Waals surface area contributed by atoms with Crippen molar-refractivity contribution in [3.63, 3.8) is 0 Å². The van der Waals surface area contributed by atoms with Gasteiger partial charge < -0.3 is 10.2 Å². The van der Waals surface area contributed by atoms with Crippen LogP contribution >= 0.6 is 11.8 Å². The summed E-state index contributed by atoms with van der Waals surface area (Å²) in [5.41, 5.74) is 0.412. The second kappa shape index (κ2) is 5.83. The number of rotatable bonds is 5. The third-order valence-electron chi connectivity index (χ3n) is 3.47. The minimum absolute atomic E-state index is 0.412. The third kappa shape index (κ3) is 4.81. The average molecular weight is 269 g/mol. The molecule has 1 atom stereocenters. The molecule has 1 fully saturated rings. The SMILES string of the molecule is CN(CCNC1=NCC(CC(C)(C)C)S1)C1CC1. The predicted molar refractivity (Wildman–Crippen MR) is 81.4 cm³/mol. The van der Waals surface area contributed by atoms with Gasteiger partial charge in [-0.3, -0.25) is 4.99 Å². The predicted octanol–water partition coefficient (Wildman–Crippen LogP) is 2.58. The van der Waals surface area contributed by atoms with Crippen LogP contribution in [-0.2, 0) is 0 Å². The highest BCUT2D eigenvalue weighted by Crippen LogP contribution is 2.31. The van der Waals surface area contributed by atoms with E-state index in [0.29, 0.717) is 10.7 Å². The van der Waals surface area contributed by atoms with Crippen molar-refractivity contribution >= 4 is 16.9 Å². The van der Waals surface area contributed by atoms with Gasteiger partial charge in [0.25, 0.3) is 0 Å². The van der Waals surface area contributed by atoms with Crippen LogP contribution in [0.15, 0.2) is 4.99 Å². The quantitative estimate of drug-likeness (QED) is 0.831. The molecule has 0 amide bonds. The molecule has 1 saturated carbocycles. The lowest BCUT2D eigenvalue weighted by atomic mass is 9.90. The first-order valence-corrected chi connectivity index (χ1v) is 7.97. The Bertz CT molecular complexity index is 305. The molecule has 18 heavy (non-hydrogen) atoms. The van der Waals surface area contributed by atoms with Gasteiger partial charge in [-0.25, -0.2) is 0 Å². The van der Waals surface area contributed by atoms with Crippen LogP contribution in [0.3, 0.4) is 0 Å². The third-order valence-corrected chi connectivity index (χ3v) is 4.61. The first kappa shape index (κ1) is 14.2. The van der Waals surface area contributed by atoms with E-state index in [2.05, 4.69) is 43.0 Å². The topological polar surface area (TPSA) is 27.6 Å². The fraction of sp³-hybridized carbons (Fsp3) is 0.929. The van der Waals surface area contributed by atoms with Crippen molar-refractivity contribution in [3.8, 4) is 0 Å². The smallest absolute Gasteiger partial charge is 0.156 e. The highest BCUT2D eigenvalue weighted by atomic mass is 32.2. The monoisotopic (exact) mass is 269 g/mol. The molecule has 0 saturated heterocycles. The number of aliphatic imine (C=N–C) groups is 1. The van der Waals surface area contributed by atoms with Gasteiger partial charge in [-0.05, 0) is 31.7 Å². The molecule has 1 heterocycles. The van der Waals surface area contributed by atoms with E-state index in [1.807, 2.05) is 11.8 Å². The lowest BCUT2D eigenvalue weighted by Crippen LogP contribution is -2.32. The Hall–Kier alpha value is -0.220. The lowest BCUT2D eigenvalue weighted by molar-refractivity contribution is 0.329. The van der Waals surface area contributed by atoms with Gasteiger partial charge in [0.05, 0.1) is 6.54 Å². The number of likely N-dealkylation sites (N-methyl/N-ethyl adjacent to an activating group) is 1. The van der Waals surface area contributed by atoms with Gasteiger partial charge in [0.2, 0.25) is 0 Å². The lowest BCUT2D eigenvalue weighted by Gasteiger charge is -2.21. The molecule has 0 radical (unpaired) electrons. The summed E-state index contributed by atoms with van der Waals surface area (Å²) in [6.45, 7) is 10.1. The van der Waals surface area contributed by atoms with Gasteiger partial charge in [-0.15, -0.1) is 0 Å². The maximum Gasteiger partial charge on any atom is 0.156 e. The van der Waals surface area contributed by atoms with Crippen LogP contribution in [-0.4, -0.2) is 48.0 Å². The van der Waals surface area contributed by atoms with E-state index < -0.39 is 0 Å². The fourth-order valence-electron chi connectivity index (χ4n) is 2.34. The molecule has 3 nitrogen and oxygen atoms in total. The summed E-state index contributed by atoms with van der Waals surface area (Å²) in [5.74, 6) is 0. The van der Waals surface area contributed by atoms with Crippen LogP contribution in [0.25, 0.3) is 0 Å². The number of nitrogens with zero attached hydrogens (tertiary/aromatic N) is 2. The van der Waals surface area contributed by atoms with Crippen LogP contribution in [0.2, 0.25) is 0 Å². The number of nitrogens with one attached hydrogen (secondary N) is 1. The molecule has 2 rings (SSSR count). The van der Waals surface area contributed by atoms with Crippen LogP contribution in [0.4, 0.5) is 0 Å². The zero-order chi connectivity index (χ0) is 13.2. The Morgan fingerprint density at radius 1 is 1.39 bits per heavy atom. The van der Waals surface area contributed by atoms with Gasteiger partial charge in [0.1, 0.15) is 0 Å². The van der Waals surface area contributed by atoms with Gasteiger partial charge in [0.15, 0.2) is 5.17 Å². The van der Waals surface area contributed by atoms with E-state index in [4.69, 9.17) is 0 Å². The molecule has 0 aromatic rings. The largest absolute Gasteiger partial charge is 0.364 e. The maximum absolute atomic E-state index is 4.61. The highest BCUT2D eigenvalue weighted by Gasteiger charge is 2.26. The highest BCUT2D eigenvalue weighted by molar-refractivity contribution is 8.14. The summed E-state index contributed by atoms with van der Waals surface area (Å²) >= 11 is 1.93. The molecule has 1 aliphatic carbocycles. The van der Waals surface area contributed by atoms with Crippen molar-refractivity contribution in [2.24, 2.45) is 10.4 Å². The van der Waals surface area contributed by atoms with Gasteiger partial charge in [0, 0.05) is 24.4 Å². The zero-order valence-corrected chi connectivity index (χ0v) is 13.0. The minimum Gasteiger partial charge on any atom is -0.364 e. The summed E-state index contributed by atoms with van der Waals surface area (Å²) in [6, 6.07) is 0.860. The van der Waals surface area contributed by atoms with Crippen molar-refractivity contribution in [1.29, 1.82) is 0 Å². The second-order valence-electron chi connectivity index (χ2n) is 6.79. The Kier molecular flexibility index (Phi) is 4.59. The number of amidine groups is 1. The molecule has 4 heteroatoms. The minimum atomic E-state index is 0.412. The molecule has 104 valence electrons. The van der Waals surface area contributed by atoms with Crippen molar-refractivity contribution in [3.05, 3.63) is 0 Å². The Balaban J connectivity index is 1.60. The first-order valence-electron chi connectivity index (χ1n) is 7.09. The number of thioether (sulfide) groups is 1. The van der Waals surface area contributed by atoms with Crippen LogP contribution < -0.4 is 5.32 Å². The molecular formula is C14H27N3S. The maximum atomic E-state index is 4.61. The van der Waals surface area contributed by atoms with Crippen LogP contribution in [0, 0.1) is 5.41 Å². The number of hydrogen-bond donors (Lipinski definition) is 1. The normalized spacial score (nSPS) is 24.5. The van der Waals surface area contributed by atoms with E-state index in [1.165, 1.54) is 19.3 Å². The van der Waals surface area contributed by atoms with Crippen molar-refractivity contribution in [2.75, 3.05) is 26.7 Å². The summed E-state index contributed by atoms with van der Waals surface area (Å²) in [5, 5.41) is 5.32. The molecule has 1 N–H and O–H groups in total. The van der Waals surface area contributed by atoms with Crippen molar-refractivity contribution in [1.82, 2.24) is 10.2 Å². The van der Waals surface area contributed by atoms with Gasteiger partial charge in [-0.1, -0.05) is 32.5 Å². The second-order valence-corrected chi connectivity index (χ2v) is 8.08. The zero-order valence-electron chi connectivity index (χ0n) is 12.2. The van der Waals surface area contributed by atoms with E-state index >= 15 is 0 Å². The first-order chi connectivity index (χ1) is 8.44. The average Bonchev–Trinajstić information content (AvgIpc) is 3.00. The molecule has 0 spiro atoms. The number of hydrogen-bond acceptors (Lipinski definition) is 4. The molecule has 0 aromatic heterocycles. The van der Waals surface area contributed by atoms with Crippen LogP contribution in [0.1, 0.15) is 40.0 Å². The Morgan fingerprint density at radius 3 is 2.72 bits per heavy atom. The Labute approximate surface area is 116 Å². The standard InChI is InChI=1S/C14H27N3S/c1-14(2,3)9-12-10-16-13(18-12)15-7-8-17(4)11-5-6-11/h11-12H,5-10H2,1-4H3,(H,15,16). The van der Waals surface area contributed by atoms with E-state index in [1.54, 1.807) is 0 Å². The van der Waals surface area contributed by atoms with Crippen molar-refractivity contribution < 1.29 is 0 Å². The van der Waals surface area contributed by atoms with Crippen LogP contribution in [0.5, 0.6) is 0 Å². The molecule has 0 bridgehead atoms. The Morgan fingerprint density at radius 2 is 2.11 bits per heavy atom. The van der Waals surface area contributed by atoms with E-state index in [9.17, 15) is 0 Å².